The highest BCUT2D eigenvalue weighted by atomic mass is 32.1. The molecule has 11 nitrogen and oxygen atoms in total. The third kappa shape index (κ3) is 8.92. The molecule has 164 valence electrons. The summed E-state index contributed by atoms with van der Waals surface area (Å²) < 4.78 is 0. The molecule has 0 radical (unpaired) electrons. The molecule has 0 fully saturated rings. The van der Waals surface area contributed by atoms with Gasteiger partial charge >= 0.3 is 11.9 Å². The van der Waals surface area contributed by atoms with E-state index in [1.165, 1.54) is 0 Å². The summed E-state index contributed by atoms with van der Waals surface area (Å²) >= 11 is 4.00. The van der Waals surface area contributed by atoms with Crippen LogP contribution in [0.5, 0.6) is 0 Å². The van der Waals surface area contributed by atoms with Crippen molar-refractivity contribution in [1.82, 2.24) is 16.0 Å². The van der Waals surface area contributed by atoms with Crippen LogP contribution in [0.1, 0.15) is 12.0 Å². The van der Waals surface area contributed by atoms with Gasteiger partial charge in [-0.15, -0.1) is 0 Å². The van der Waals surface area contributed by atoms with E-state index in [1.54, 1.807) is 12.1 Å². The minimum atomic E-state index is -1.64. The van der Waals surface area contributed by atoms with Crippen LogP contribution in [-0.4, -0.2) is 70.3 Å². The van der Waals surface area contributed by atoms with Crippen molar-refractivity contribution in [2.75, 3.05) is 12.3 Å². The van der Waals surface area contributed by atoms with E-state index in [0.717, 1.165) is 5.56 Å². The summed E-state index contributed by atoms with van der Waals surface area (Å²) in [4.78, 5) is 57.8. The Morgan fingerprint density at radius 3 is 2.13 bits per heavy atom. The molecule has 3 unspecified atom stereocenters. The van der Waals surface area contributed by atoms with Gasteiger partial charge < -0.3 is 31.9 Å². The summed E-state index contributed by atoms with van der Waals surface area (Å²) in [5, 5.41) is 24.2. The van der Waals surface area contributed by atoms with Crippen molar-refractivity contribution in [3.05, 3.63) is 35.9 Å². The second kappa shape index (κ2) is 12.4. The molecule has 30 heavy (non-hydrogen) atoms. The molecule has 7 N–H and O–H groups in total. The van der Waals surface area contributed by atoms with E-state index in [2.05, 4.69) is 23.3 Å². The highest BCUT2D eigenvalue weighted by Crippen LogP contribution is 2.02. The number of hydrogen-bond donors (Lipinski definition) is 7. The number of nitrogens with two attached hydrogens (primary N) is 1. The Bertz CT molecular complexity index is 775. The maximum absolute atomic E-state index is 12.2. The zero-order valence-electron chi connectivity index (χ0n) is 15.9. The van der Waals surface area contributed by atoms with Crippen molar-refractivity contribution in [3.63, 3.8) is 0 Å². The lowest BCUT2D eigenvalue weighted by molar-refractivity contribution is -0.147. The highest BCUT2D eigenvalue weighted by Gasteiger charge is 2.25. The number of carbonyl (C=O) groups excluding carboxylic acids is 3. The van der Waals surface area contributed by atoms with Gasteiger partial charge in [0.15, 0.2) is 0 Å². The fraction of sp³-hybridized carbons (Fsp3) is 0.389. The molecule has 0 bridgehead atoms. The third-order valence-electron chi connectivity index (χ3n) is 3.89. The lowest BCUT2D eigenvalue weighted by atomic mass is 10.1. The molecule has 1 aromatic carbocycles. The molecular weight excluding hydrogens is 416 g/mol. The van der Waals surface area contributed by atoms with Crippen LogP contribution in [0.25, 0.3) is 0 Å². The van der Waals surface area contributed by atoms with E-state index in [-0.39, 0.29) is 12.2 Å². The normalized spacial score (nSPS) is 13.4. The van der Waals surface area contributed by atoms with E-state index in [1.807, 2.05) is 23.5 Å². The van der Waals surface area contributed by atoms with Crippen molar-refractivity contribution < 1.29 is 34.2 Å². The third-order valence-corrected chi connectivity index (χ3v) is 4.25. The topological polar surface area (TPSA) is 188 Å². The van der Waals surface area contributed by atoms with Crippen LogP contribution in [0.3, 0.4) is 0 Å². The van der Waals surface area contributed by atoms with Crippen molar-refractivity contribution in [1.29, 1.82) is 0 Å². The van der Waals surface area contributed by atoms with Crippen LogP contribution >= 0.6 is 12.6 Å². The zero-order valence-corrected chi connectivity index (χ0v) is 16.8. The summed E-state index contributed by atoms with van der Waals surface area (Å²) in [5.74, 6) is -5.22. The van der Waals surface area contributed by atoms with Gasteiger partial charge in [-0.05, 0) is 12.0 Å². The SMILES string of the molecule is NC(Cc1ccccc1)C(=O)NC(CS)C(=O)NCC(=O)NC(CC(=O)O)C(=O)O. The predicted octanol–water partition coefficient (Wildman–Crippen LogP) is -1.87. The second-order valence-corrected chi connectivity index (χ2v) is 6.68. The first-order valence-electron chi connectivity index (χ1n) is 8.86. The van der Waals surface area contributed by atoms with Crippen LogP contribution in [0.4, 0.5) is 0 Å². The van der Waals surface area contributed by atoms with Gasteiger partial charge in [0, 0.05) is 5.75 Å². The number of thiol groups is 1. The maximum atomic E-state index is 12.2. The van der Waals surface area contributed by atoms with Crippen LogP contribution in [0, 0.1) is 0 Å². The van der Waals surface area contributed by atoms with Crippen molar-refractivity contribution in [2.24, 2.45) is 5.73 Å². The molecule has 0 aliphatic heterocycles. The molecule has 3 amide bonds. The summed E-state index contributed by atoms with van der Waals surface area (Å²) in [6.45, 7) is -0.613. The Morgan fingerprint density at radius 1 is 0.967 bits per heavy atom. The van der Waals surface area contributed by atoms with Gasteiger partial charge in [-0.25, -0.2) is 4.79 Å². The first-order chi connectivity index (χ1) is 14.1. The molecule has 3 atom stereocenters. The molecule has 0 saturated carbocycles. The number of carboxylic acid groups (broad SMARTS) is 2. The van der Waals surface area contributed by atoms with E-state index < -0.39 is 60.8 Å². The Labute approximate surface area is 177 Å². The van der Waals surface area contributed by atoms with Crippen LogP contribution in [-0.2, 0) is 30.4 Å². The molecular formula is C18H24N4O7S. The van der Waals surface area contributed by atoms with E-state index in [9.17, 15) is 24.0 Å². The smallest absolute Gasteiger partial charge is 0.326 e. The number of aliphatic carboxylic acids is 2. The quantitative estimate of drug-likeness (QED) is 0.184. The average Bonchev–Trinajstić information content (AvgIpc) is 2.69. The number of nitrogens with one attached hydrogen (secondary N) is 3. The Balaban J connectivity index is 2.53. The van der Waals surface area contributed by atoms with Gasteiger partial charge in [0.05, 0.1) is 19.0 Å². The molecule has 0 saturated heterocycles. The zero-order chi connectivity index (χ0) is 22.7. The molecule has 0 aromatic heterocycles. The molecule has 0 aliphatic carbocycles. The maximum Gasteiger partial charge on any atom is 0.326 e. The number of hydrogen-bond acceptors (Lipinski definition) is 7. The van der Waals surface area contributed by atoms with Gasteiger partial charge in [0.2, 0.25) is 17.7 Å². The molecule has 12 heteroatoms. The minimum absolute atomic E-state index is 0.0754. The van der Waals surface area contributed by atoms with Crippen LogP contribution in [0.15, 0.2) is 30.3 Å². The number of amides is 3. The summed E-state index contributed by atoms with van der Waals surface area (Å²) in [7, 11) is 0. The van der Waals surface area contributed by atoms with Crippen molar-refractivity contribution in [2.45, 2.75) is 31.0 Å². The first-order valence-corrected chi connectivity index (χ1v) is 9.49. The largest absolute Gasteiger partial charge is 0.481 e. The van der Waals surface area contributed by atoms with Crippen LogP contribution in [0.2, 0.25) is 0 Å². The molecule has 0 heterocycles. The second-order valence-electron chi connectivity index (χ2n) is 6.31. The Morgan fingerprint density at radius 2 is 1.60 bits per heavy atom. The first kappa shape index (κ1) is 24.9. The van der Waals surface area contributed by atoms with Gasteiger partial charge in [0.1, 0.15) is 12.1 Å². The van der Waals surface area contributed by atoms with Gasteiger partial charge in [-0.2, -0.15) is 12.6 Å². The number of rotatable bonds is 12. The van der Waals surface area contributed by atoms with Gasteiger partial charge in [-0.1, -0.05) is 30.3 Å². The number of carbonyl (C=O) groups is 5. The fourth-order valence-electron chi connectivity index (χ4n) is 2.34. The predicted molar refractivity (Wildman–Crippen MR) is 109 cm³/mol. The van der Waals surface area contributed by atoms with E-state index in [4.69, 9.17) is 15.9 Å². The number of benzene rings is 1. The van der Waals surface area contributed by atoms with Gasteiger partial charge in [0.25, 0.3) is 0 Å². The standard InChI is InChI=1S/C18H24N4O7S/c19-11(6-10-4-2-1-3-5-10)16(26)22-13(9-30)17(27)20-8-14(23)21-12(18(28)29)7-15(24)25/h1-5,11-13,30H,6-9,19H2,(H,20,27)(H,21,23)(H,22,26)(H,24,25)(H,28,29). The van der Waals surface area contributed by atoms with Crippen molar-refractivity contribution >= 4 is 42.3 Å². The molecule has 0 aliphatic rings. The number of carboxylic acids is 2. The summed E-state index contributed by atoms with van der Waals surface area (Å²) in [6.07, 6.45) is -0.556. The average molecular weight is 440 g/mol. The Kier molecular flexibility index (Phi) is 10.3. The Hall–Kier alpha value is -3.12. The molecule has 1 aromatic rings. The monoisotopic (exact) mass is 440 g/mol. The highest BCUT2D eigenvalue weighted by molar-refractivity contribution is 7.80. The lowest BCUT2D eigenvalue weighted by Crippen LogP contribution is -2.54. The van der Waals surface area contributed by atoms with Gasteiger partial charge in [-0.3, -0.25) is 19.2 Å². The minimum Gasteiger partial charge on any atom is -0.481 e. The van der Waals surface area contributed by atoms with Crippen molar-refractivity contribution in [3.8, 4) is 0 Å². The summed E-state index contributed by atoms with van der Waals surface area (Å²) in [6, 6.07) is 5.44. The van der Waals surface area contributed by atoms with Crippen LogP contribution < -0.4 is 21.7 Å². The lowest BCUT2D eigenvalue weighted by Gasteiger charge is -2.19. The fourth-order valence-corrected chi connectivity index (χ4v) is 2.60. The summed E-state index contributed by atoms with van der Waals surface area (Å²) in [5.41, 5.74) is 6.71. The molecule has 1 rings (SSSR count). The molecule has 0 spiro atoms. The van der Waals surface area contributed by atoms with E-state index >= 15 is 0 Å². The van der Waals surface area contributed by atoms with E-state index in [0.29, 0.717) is 0 Å².